The molecule has 0 aliphatic carbocycles. The van der Waals surface area contributed by atoms with Crippen LogP contribution in [0.25, 0.3) is 0 Å². The average Bonchev–Trinajstić information content (AvgIpc) is 2.29. The van der Waals surface area contributed by atoms with Gasteiger partial charge in [0.2, 0.25) is 0 Å². The molecule has 1 fully saturated rings. The molecular weight excluding hydrogens is 198 g/mol. The number of hydrogen-bond acceptors (Lipinski definition) is 3. The van der Waals surface area contributed by atoms with Crippen molar-refractivity contribution >= 4 is 0 Å². The monoisotopic (exact) mass is 223 g/mol. The van der Waals surface area contributed by atoms with E-state index in [2.05, 4.69) is 30.1 Å². The van der Waals surface area contributed by atoms with Gasteiger partial charge < -0.3 is 10.2 Å². The number of nitrogens with zero attached hydrogens (tertiary/aromatic N) is 2. The first-order valence-electron chi connectivity index (χ1n) is 6.35. The SMILES string of the molecule is CNC(C)(C#N)CC(C)N1CCC(C)CC1. The van der Waals surface area contributed by atoms with E-state index in [1.54, 1.807) is 0 Å². The fourth-order valence-corrected chi connectivity index (χ4v) is 2.39. The van der Waals surface area contributed by atoms with Gasteiger partial charge in [-0.05, 0) is 59.2 Å². The zero-order valence-corrected chi connectivity index (χ0v) is 11.1. The van der Waals surface area contributed by atoms with Gasteiger partial charge in [0.25, 0.3) is 0 Å². The summed E-state index contributed by atoms with van der Waals surface area (Å²) < 4.78 is 0. The standard InChI is InChI=1S/C13H25N3/c1-11-5-7-16(8-6-11)12(2)9-13(3,10-14)15-4/h11-12,15H,5-9H2,1-4H3. The molecule has 0 aromatic rings. The fourth-order valence-electron chi connectivity index (χ4n) is 2.39. The number of likely N-dealkylation sites (tertiary alicyclic amines) is 1. The van der Waals surface area contributed by atoms with Crippen LogP contribution in [0, 0.1) is 17.2 Å². The van der Waals surface area contributed by atoms with E-state index in [4.69, 9.17) is 5.26 Å². The first kappa shape index (κ1) is 13.5. The van der Waals surface area contributed by atoms with Gasteiger partial charge in [-0.2, -0.15) is 5.26 Å². The predicted octanol–water partition coefficient (Wildman–Crippen LogP) is 2.00. The molecule has 0 amide bonds. The topological polar surface area (TPSA) is 39.1 Å². The van der Waals surface area contributed by atoms with Crippen LogP contribution in [-0.4, -0.2) is 36.6 Å². The highest BCUT2D eigenvalue weighted by atomic mass is 15.2. The number of rotatable bonds is 4. The van der Waals surface area contributed by atoms with Crippen LogP contribution in [0.5, 0.6) is 0 Å². The minimum absolute atomic E-state index is 0.386. The average molecular weight is 223 g/mol. The van der Waals surface area contributed by atoms with Crippen LogP contribution in [0.1, 0.15) is 40.0 Å². The summed E-state index contributed by atoms with van der Waals surface area (Å²) >= 11 is 0. The second-order valence-electron chi connectivity index (χ2n) is 5.47. The molecule has 0 aromatic heterocycles. The lowest BCUT2D eigenvalue weighted by Crippen LogP contribution is -2.47. The summed E-state index contributed by atoms with van der Waals surface area (Å²) in [5.41, 5.74) is -0.386. The Morgan fingerprint density at radius 2 is 2.06 bits per heavy atom. The van der Waals surface area contributed by atoms with Gasteiger partial charge in [-0.25, -0.2) is 0 Å². The Balaban J connectivity index is 2.46. The van der Waals surface area contributed by atoms with E-state index in [0.29, 0.717) is 6.04 Å². The molecule has 0 bridgehead atoms. The van der Waals surface area contributed by atoms with E-state index in [9.17, 15) is 0 Å². The third-order valence-corrected chi connectivity index (χ3v) is 3.94. The molecule has 92 valence electrons. The van der Waals surface area contributed by atoms with E-state index in [0.717, 1.165) is 12.3 Å². The highest BCUT2D eigenvalue weighted by Crippen LogP contribution is 2.22. The van der Waals surface area contributed by atoms with Crippen LogP contribution in [0.4, 0.5) is 0 Å². The quantitative estimate of drug-likeness (QED) is 0.792. The molecular formula is C13H25N3. The van der Waals surface area contributed by atoms with Crippen LogP contribution in [0.15, 0.2) is 0 Å². The first-order chi connectivity index (χ1) is 7.50. The summed E-state index contributed by atoms with van der Waals surface area (Å²) in [6.45, 7) is 8.93. The Labute approximate surface area is 99.8 Å². The maximum Gasteiger partial charge on any atom is 0.105 e. The summed E-state index contributed by atoms with van der Waals surface area (Å²) in [7, 11) is 1.87. The van der Waals surface area contributed by atoms with Crippen molar-refractivity contribution in [3.63, 3.8) is 0 Å². The fraction of sp³-hybridized carbons (Fsp3) is 0.923. The Morgan fingerprint density at radius 1 is 1.50 bits per heavy atom. The number of nitriles is 1. The Kier molecular flexibility index (Phi) is 4.76. The molecule has 0 spiro atoms. The predicted molar refractivity (Wildman–Crippen MR) is 67.1 cm³/mol. The first-order valence-corrected chi connectivity index (χ1v) is 6.35. The second-order valence-corrected chi connectivity index (χ2v) is 5.47. The third kappa shape index (κ3) is 3.47. The van der Waals surface area contributed by atoms with E-state index in [1.807, 2.05) is 14.0 Å². The molecule has 0 radical (unpaired) electrons. The molecule has 1 aliphatic rings. The minimum atomic E-state index is -0.386. The molecule has 2 atom stereocenters. The number of piperidine rings is 1. The van der Waals surface area contributed by atoms with Crippen LogP contribution < -0.4 is 5.32 Å². The van der Waals surface area contributed by atoms with E-state index in [1.165, 1.54) is 25.9 Å². The van der Waals surface area contributed by atoms with E-state index >= 15 is 0 Å². The van der Waals surface area contributed by atoms with Crippen LogP contribution in [0.2, 0.25) is 0 Å². The number of nitrogens with one attached hydrogen (secondary N) is 1. The van der Waals surface area contributed by atoms with Gasteiger partial charge in [-0.15, -0.1) is 0 Å². The lowest BCUT2D eigenvalue weighted by Gasteiger charge is -2.37. The molecule has 16 heavy (non-hydrogen) atoms. The van der Waals surface area contributed by atoms with Gasteiger partial charge in [0.1, 0.15) is 5.54 Å². The van der Waals surface area contributed by atoms with Gasteiger partial charge >= 0.3 is 0 Å². The maximum absolute atomic E-state index is 9.14. The molecule has 1 aliphatic heterocycles. The summed E-state index contributed by atoms with van der Waals surface area (Å²) in [6.07, 6.45) is 3.49. The molecule has 1 heterocycles. The van der Waals surface area contributed by atoms with Crippen molar-refractivity contribution in [1.29, 1.82) is 5.26 Å². The second kappa shape index (κ2) is 5.65. The lowest BCUT2D eigenvalue weighted by molar-refractivity contribution is 0.128. The van der Waals surface area contributed by atoms with Crippen molar-refractivity contribution in [2.24, 2.45) is 5.92 Å². The van der Waals surface area contributed by atoms with Gasteiger partial charge in [-0.3, -0.25) is 0 Å². The van der Waals surface area contributed by atoms with Crippen LogP contribution >= 0.6 is 0 Å². The third-order valence-electron chi connectivity index (χ3n) is 3.94. The molecule has 1 N–H and O–H groups in total. The highest BCUT2D eigenvalue weighted by Gasteiger charge is 2.28. The van der Waals surface area contributed by atoms with Gasteiger partial charge in [0.05, 0.1) is 6.07 Å². The molecule has 1 rings (SSSR count). The summed E-state index contributed by atoms with van der Waals surface area (Å²) in [5.74, 6) is 0.870. The van der Waals surface area contributed by atoms with Crippen molar-refractivity contribution in [3.8, 4) is 6.07 Å². The van der Waals surface area contributed by atoms with Gasteiger partial charge in [0.15, 0.2) is 0 Å². The minimum Gasteiger partial charge on any atom is -0.303 e. The van der Waals surface area contributed by atoms with Crippen LogP contribution in [0.3, 0.4) is 0 Å². The molecule has 3 nitrogen and oxygen atoms in total. The van der Waals surface area contributed by atoms with Crippen LogP contribution in [-0.2, 0) is 0 Å². The smallest absolute Gasteiger partial charge is 0.105 e. The maximum atomic E-state index is 9.14. The molecule has 1 saturated heterocycles. The van der Waals surface area contributed by atoms with Gasteiger partial charge in [0, 0.05) is 6.04 Å². The molecule has 2 unspecified atom stereocenters. The molecule has 3 heteroatoms. The molecule has 0 aromatic carbocycles. The summed E-state index contributed by atoms with van der Waals surface area (Å²) in [6, 6.07) is 2.86. The van der Waals surface area contributed by atoms with Crippen molar-refractivity contribution in [2.45, 2.75) is 51.6 Å². The Morgan fingerprint density at radius 3 is 2.50 bits per heavy atom. The zero-order chi connectivity index (χ0) is 12.2. The van der Waals surface area contributed by atoms with Crippen molar-refractivity contribution in [1.82, 2.24) is 10.2 Å². The van der Waals surface area contributed by atoms with Gasteiger partial charge in [-0.1, -0.05) is 6.92 Å². The largest absolute Gasteiger partial charge is 0.303 e. The van der Waals surface area contributed by atoms with E-state index in [-0.39, 0.29) is 5.54 Å². The number of hydrogen-bond donors (Lipinski definition) is 1. The van der Waals surface area contributed by atoms with E-state index < -0.39 is 0 Å². The summed E-state index contributed by atoms with van der Waals surface area (Å²) in [4.78, 5) is 2.52. The highest BCUT2D eigenvalue weighted by molar-refractivity contribution is 5.04. The Hall–Kier alpha value is -0.590. The normalized spacial score (nSPS) is 24.7. The van der Waals surface area contributed by atoms with Crippen molar-refractivity contribution in [2.75, 3.05) is 20.1 Å². The molecule has 0 saturated carbocycles. The Bertz CT molecular complexity index is 250. The summed E-state index contributed by atoms with van der Waals surface area (Å²) in [5, 5.41) is 12.3. The zero-order valence-electron chi connectivity index (χ0n) is 11.1. The lowest BCUT2D eigenvalue weighted by atomic mass is 9.92. The van der Waals surface area contributed by atoms with Crippen molar-refractivity contribution < 1.29 is 0 Å². The van der Waals surface area contributed by atoms with Crippen molar-refractivity contribution in [3.05, 3.63) is 0 Å².